The lowest BCUT2D eigenvalue weighted by Crippen LogP contribution is -2.50. The summed E-state index contributed by atoms with van der Waals surface area (Å²) in [5.41, 5.74) is 13.2. The minimum Gasteiger partial charge on any atom is -0.446 e. The van der Waals surface area contributed by atoms with Crippen molar-refractivity contribution in [2.45, 2.75) is 19.1 Å². The molecular formula is C23H25FN6O3. The minimum atomic E-state index is -0.561. The number of aromatic nitrogens is 2. The monoisotopic (exact) mass is 452 g/mol. The lowest BCUT2D eigenvalue weighted by molar-refractivity contribution is -0.0138. The standard InChI is InChI=1S/C23H25FN6O3/c1-14-12-32-17(13-33-23(31)27-16-5-3-2-4-6-16)11-30(14)21-10-20(28-22(26)29-21)15-7-8-19(25)18(24)9-15/h2-10,14,17H,11-13,25H2,1H3,(H,27,31)(H2,26,28,29)/t14-,17+/m1/s1. The van der Waals surface area contributed by atoms with Crippen LogP contribution in [0.3, 0.4) is 0 Å². The molecule has 1 amide bonds. The van der Waals surface area contributed by atoms with Gasteiger partial charge in [0.2, 0.25) is 5.95 Å². The molecule has 0 spiro atoms. The first-order valence-corrected chi connectivity index (χ1v) is 10.5. The van der Waals surface area contributed by atoms with Gasteiger partial charge in [0.1, 0.15) is 24.3 Å². The molecule has 0 bridgehead atoms. The Morgan fingerprint density at radius 2 is 2.00 bits per heavy atom. The molecule has 2 heterocycles. The van der Waals surface area contributed by atoms with Crippen molar-refractivity contribution < 1.29 is 18.7 Å². The van der Waals surface area contributed by atoms with Crippen molar-refractivity contribution in [1.82, 2.24) is 9.97 Å². The number of nitrogen functional groups attached to an aromatic ring is 2. The van der Waals surface area contributed by atoms with Crippen molar-refractivity contribution in [3.05, 3.63) is 60.4 Å². The van der Waals surface area contributed by atoms with E-state index in [0.29, 0.717) is 35.9 Å². The molecule has 10 heteroatoms. The first-order chi connectivity index (χ1) is 15.9. The third kappa shape index (κ3) is 5.47. The molecule has 0 saturated carbocycles. The number of rotatable bonds is 5. The number of hydrogen-bond acceptors (Lipinski definition) is 8. The fourth-order valence-electron chi connectivity index (χ4n) is 3.52. The van der Waals surface area contributed by atoms with E-state index in [9.17, 15) is 9.18 Å². The van der Waals surface area contributed by atoms with Crippen molar-refractivity contribution in [2.75, 3.05) is 41.4 Å². The molecule has 1 fully saturated rings. The van der Waals surface area contributed by atoms with Gasteiger partial charge in [-0.25, -0.2) is 14.2 Å². The van der Waals surface area contributed by atoms with Crippen molar-refractivity contribution in [1.29, 1.82) is 0 Å². The van der Waals surface area contributed by atoms with Gasteiger partial charge in [0, 0.05) is 23.9 Å². The van der Waals surface area contributed by atoms with Gasteiger partial charge in [-0.05, 0) is 31.2 Å². The Morgan fingerprint density at radius 3 is 2.76 bits per heavy atom. The van der Waals surface area contributed by atoms with Gasteiger partial charge >= 0.3 is 6.09 Å². The van der Waals surface area contributed by atoms with Crippen LogP contribution in [0.25, 0.3) is 11.3 Å². The Hall–Kier alpha value is -3.92. The summed E-state index contributed by atoms with van der Waals surface area (Å²) in [5.74, 6) is 0.106. The maximum Gasteiger partial charge on any atom is 0.411 e. The summed E-state index contributed by atoms with van der Waals surface area (Å²) >= 11 is 0. The van der Waals surface area contributed by atoms with Crippen LogP contribution in [0.1, 0.15) is 6.92 Å². The number of anilines is 4. The van der Waals surface area contributed by atoms with Crippen molar-refractivity contribution in [2.24, 2.45) is 0 Å². The SMILES string of the molecule is C[C@@H]1CO[C@H](COC(=O)Nc2ccccc2)CN1c1cc(-c2ccc(N)c(F)c2)nc(N)n1. The number of halogens is 1. The minimum absolute atomic E-state index is 0.00954. The van der Waals surface area contributed by atoms with Gasteiger partial charge in [0.15, 0.2) is 0 Å². The molecule has 1 saturated heterocycles. The van der Waals surface area contributed by atoms with E-state index in [4.69, 9.17) is 20.9 Å². The Morgan fingerprint density at radius 1 is 1.21 bits per heavy atom. The molecule has 2 atom stereocenters. The zero-order valence-corrected chi connectivity index (χ0v) is 18.1. The zero-order valence-electron chi connectivity index (χ0n) is 18.1. The molecule has 0 aliphatic carbocycles. The number of nitrogens with two attached hydrogens (primary N) is 2. The van der Waals surface area contributed by atoms with Crippen LogP contribution in [0.4, 0.5) is 32.3 Å². The smallest absolute Gasteiger partial charge is 0.411 e. The Labute approximate surface area is 190 Å². The van der Waals surface area contributed by atoms with E-state index in [0.717, 1.165) is 0 Å². The molecule has 33 heavy (non-hydrogen) atoms. The number of carbonyl (C=O) groups excluding carboxylic acids is 1. The van der Waals surface area contributed by atoms with E-state index in [1.165, 1.54) is 12.1 Å². The topological polar surface area (TPSA) is 129 Å². The molecule has 172 valence electrons. The highest BCUT2D eigenvalue weighted by molar-refractivity contribution is 5.84. The maximum absolute atomic E-state index is 13.9. The van der Waals surface area contributed by atoms with Gasteiger partial charge in [-0.1, -0.05) is 24.3 Å². The number of amides is 1. The van der Waals surface area contributed by atoms with Gasteiger partial charge in [-0.15, -0.1) is 0 Å². The van der Waals surface area contributed by atoms with Crippen LogP contribution < -0.4 is 21.7 Å². The average Bonchev–Trinajstić information content (AvgIpc) is 2.80. The second-order valence-electron chi connectivity index (χ2n) is 7.75. The van der Waals surface area contributed by atoms with Gasteiger partial charge in [-0.2, -0.15) is 4.98 Å². The third-order valence-electron chi connectivity index (χ3n) is 5.25. The van der Waals surface area contributed by atoms with Crippen LogP contribution in [-0.4, -0.2) is 48.0 Å². The van der Waals surface area contributed by atoms with E-state index in [1.807, 2.05) is 30.0 Å². The molecule has 1 aliphatic rings. The number of benzene rings is 2. The summed E-state index contributed by atoms with van der Waals surface area (Å²) in [7, 11) is 0. The molecule has 9 nitrogen and oxygen atoms in total. The number of morpholine rings is 1. The highest BCUT2D eigenvalue weighted by Crippen LogP contribution is 2.27. The normalized spacial score (nSPS) is 18.1. The highest BCUT2D eigenvalue weighted by atomic mass is 19.1. The van der Waals surface area contributed by atoms with Crippen molar-refractivity contribution in [3.8, 4) is 11.3 Å². The number of carbonyl (C=O) groups is 1. The Kier molecular flexibility index (Phi) is 6.55. The van der Waals surface area contributed by atoms with Gasteiger partial charge in [-0.3, -0.25) is 5.32 Å². The van der Waals surface area contributed by atoms with Crippen LogP contribution in [0.15, 0.2) is 54.6 Å². The first-order valence-electron chi connectivity index (χ1n) is 10.5. The molecule has 0 radical (unpaired) electrons. The van der Waals surface area contributed by atoms with E-state index < -0.39 is 11.9 Å². The quantitative estimate of drug-likeness (QED) is 0.503. The molecule has 1 aromatic heterocycles. The number of nitrogens with one attached hydrogen (secondary N) is 1. The van der Waals surface area contributed by atoms with E-state index in [-0.39, 0.29) is 30.4 Å². The predicted molar refractivity (Wildman–Crippen MR) is 124 cm³/mol. The lowest BCUT2D eigenvalue weighted by Gasteiger charge is -2.38. The van der Waals surface area contributed by atoms with Crippen LogP contribution in [0, 0.1) is 5.82 Å². The second kappa shape index (κ2) is 9.70. The molecule has 2 aromatic carbocycles. The van der Waals surface area contributed by atoms with Crippen LogP contribution in [0.5, 0.6) is 0 Å². The van der Waals surface area contributed by atoms with Crippen LogP contribution >= 0.6 is 0 Å². The zero-order chi connectivity index (χ0) is 23.4. The number of para-hydroxylation sites is 1. The number of nitrogens with zero attached hydrogens (tertiary/aromatic N) is 3. The van der Waals surface area contributed by atoms with Crippen LogP contribution in [-0.2, 0) is 9.47 Å². The number of hydrogen-bond donors (Lipinski definition) is 3. The molecular weight excluding hydrogens is 427 g/mol. The third-order valence-corrected chi connectivity index (χ3v) is 5.25. The van der Waals surface area contributed by atoms with E-state index >= 15 is 0 Å². The summed E-state index contributed by atoms with van der Waals surface area (Å²) in [6.45, 7) is 2.88. The second-order valence-corrected chi connectivity index (χ2v) is 7.75. The summed E-state index contributed by atoms with van der Waals surface area (Å²) in [5, 5.41) is 2.67. The fourth-order valence-corrected chi connectivity index (χ4v) is 3.52. The summed E-state index contributed by atoms with van der Waals surface area (Å²) in [6, 6.07) is 15.2. The number of ether oxygens (including phenoxy) is 2. The summed E-state index contributed by atoms with van der Waals surface area (Å²) < 4.78 is 25.1. The van der Waals surface area contributed by atoms with Crippen molar-refractivity contribution >= 4 is 29.2 Å². The molecule has 1 aliphatic heterocycles. The van der Waals surface area contributed by atoms with Gasteiger partial charge < -0.3 is 25.8 Å². The van der Waals surface area contributed by atoms with Gasteiger partial charge in [0.05, 0.1) is 24.0 Å². The van der Waals surface area contributed by atoms with E-state index in [2.05, 4.69) is 15.3 Å². The predicted octanol–water partition coefficient (Wildman–Crippen LogP) is 3.29. The fraction of sp³-hybridized carbons (Fsp3) is 0.261. The Balaban J connectivity index is 1.45. The van der Waals surface area contributed by atoms with Crippen molar-refractivity contribution in [3.63, 3.8) is 0 Å². The largest absolute Gasteiger partial charge is 0.446 e. The molecule has 0 unspecified atom stereocenters. The molecule has 3 aromatic rings. The Bertz CT molecular complexity index is 1130. The molecule has 4 rings (SSSR count). The average molecular weight is 452 g/mol. The van der Waals surface area contributed by atoms with E-state index in [1.54, 1.807) is 24.3 Å². The summed E-state index contributed by atoms with van der Waals surface area (Å²) in [6.07, 6.45) is -0.926. The van der Waals surface area contributed by atoms with Crippen LogP contribution in [0.2, 0.25) is 0 Å². The molecule has 5 N–H and O–H groups in total. The first kappa shape index (κ1) is 22.3. The maximum atomic E-state index is 13.9. The summed E-state index contributed by atoms with van der Waals surface area (Å²) in [4.78, 5) is 22.7. The lowest BCUT2D eigenvalue weighted by atomic mass is 10.1. The highest BCUT2D eigenvalue weighted by Gasteiger charge is 2.29. The van der Waals surface area contributed by atoms with Gasteiger partial charge in [0.25, 0.3) is 0 Å².